The van der Waals surface area contributed by atoms with Crippen molar-refractivity contribution in [1.29, 1.82) is 0 Å². The molecule has 54 valence electrons. The molecule has 3 heteroatoms. The van der Waals surface area contributed by atoms with E-state index in [2.05, 4.69) is 17.8 Å². The lowest BCUT2D eigenvalue weighted by atomic mass is 10.2. The van der Waals surface area contributed by atoms with E-state index in [1.807, 2.05) is 0 Å². The molecule has 1 aromatic heterocycles. The van der Waals surface area contributed by atoms with E-state index in [0.29, 0.717) is 5.75 Å². The number of rotatable bonds is 1. The van der Waals surface area contributed by atoms with Crippen LogP contribution in [0.1, 0.15) is 23.4 Å². The summed E-state index contributed by atoms with van der Waals surface area (Å²) in [6.07, 6.45) is 3.42. The molecule has 0 spiro atoms. The van der Waals surface area contributed by atoms with Crippen molar-refractivity contribution in [1.82, 2.24) is 5.16 Å². The Balaban J connectivity index is 2.44. The summed E-state index contributed by atoms with van der Waals surface area (Å²) in [5, 5.41) is 3.90. The molecular weight excluding hydrogens is 146 g/mol. The maximum absolute atomic E-state index is 5.10. The average Bonchev–Trinajstić information content (AvgIpc) is 2.44. The standard InChI is InChI=1S/C7H9NOS/c10-4-6-5-2-1-3-7(5)9-8-6/h10H,1-4H2. The topological polar surface area (TPSA) is 26.0 Å². The molecule has 0 radical (unpaired) electrons. The van der Waals surface area contributed by atoms with E-state index in [4.69, 9.17) is 4.52 Å². The first-order valence-electron chi connectivity index (χ1n) is 3.49. The minimum atomic E-state index is 0.707. The maximum atomic E-state index is 5.10. The Hall–Kier alpha value is -0.440. The number of nitrogens with zero attached hydrogens (tertiary/aromatic N) is 1. The van der Waals surface area contributed by atoms with Crippen molar-refractivity contribution in [3.8, 4) is 0 Å². The predicted octanol–water partition coefficient (Wildman–Crippen LogP) is 1.59. The smallest absolute Gasteiger partial charge is 0.140 e. The van der Waals surface area contributed by atoms with Crippen molar-refractivity contribution in [3.05, 3.63) is 17.0 Å². The maximum Gasteiger partial charge on any atom is 0.140 e. The van der Waals surface area contributed by atoms with E-state index in [1.54, 1.807) is 0 Å². The monoisotopic (exact) mass is 155 g/mol. The average molecular weight is 155 g/mol. The summed E-state index contributed by atoms with van der Waals surface area (Å²) < 4.78 is 5.10. The molecule has 0 bridgehead atoms. The Labute approximate surface area is 65.0 Å². The van der Waals surface area contributed by atoms with Crippen molar-refractivity contribution in [3.63, 3.8) is 0 Å². The van der Waals surface area contributed by atoms with Crippen molar-refractivity contribution in [2.45, 2.75) is 25.0 Å². The molecule has 1 aliphatic carbocycles. The lowest BCUT2D eigenvalue weighted by Crippen LogP contribution is -1.83. The Kier molecular flexibility index (Phi) is 1.45. The molecule has 0 atom stereocenters. The highest BCUT2D eigenvalue weighted by atomic mass is 32.1. The number of thiol groups is 1. The highest BCUT2D eigenvalue weighted by Gasteiger charge is 2.19. The van der Waals surface area contributed by atoms with Gasteiger partial charge in [-0.1, -0.05) is 5.16 Å². The fourth-order valence-corrected chi connectivity index (χ4v) is 1.66. The quantitative estimate of drug-likeness (QED) is 0.623. The SMILES string of the molecule is SCc1noc2c1CCC2. The van der Waals surface area contributed by atoms with Gasteiger partial charge in [0.25, 0.3) is 0 Å². The number of hydrogen-bond donors (Lipinski definition) is 1. The third-order valence-corrected chi connectivity index (χ3v) is 2.23. The number of hydrogen-bond acceptors (Lipinski definition) is 3. The van der Waals surface area contributed by atoms with Gasteiger partial charge in [0.15, 0.2) is 0 Å². The molecular formula is C7H9NOS. The van der Waals surface area contributed by atoms with Crippen molar-refractivity contribution >= 4 is 12.6 Å². The molecule has 2 rings (SSSR count). The fraction of sp³-hybridized carbons (Fsp3) is 0.571. The molecule has 1 aliphatic rings. The Morgan fingerprint density at radius 3 is 3.20 bits per heavy atom. The van der Waals surface area contributed by atoms with Crippen molar-refractivity contribution in [2.75, 3.05) is 0 Å². The van der Waals surface area contributed by atoms with Crippen LogP contribution in [0.2, 0.25) is 0 Å². The summed E-state index contributed by atoms with van der Waals surface area (Å²) in [5.41, 5.74) is 2.35. The highest BCUT2D eigenvalue weighted by molar-refractivity contribution is 7.79. The van der Waals surface area contributed by atoms with Gasteiger partial charge < -0.3 is 4.52 Å². The molecule has 0 fully saturated rings. The number of aryl methyl sites for hydroxylation is 1. The fourth-order valence-electron chi connectivity index (χ4n) is 1.41. The summed E-state index contributed by atoms with van der Waals surface area (Å²) in [4.78, 5) is 0. The Bertz CT molecular complexity index is 244. The van der Waals surface area contributed by atoms with Gasteiger partial charge in [-0.2, -0.15) is 12.6 Å². The van der Waals surface area contributed by atoms with E-state index < -0.39 is 0 Å². The van der Waals surface area contributed by atoms with Gasteiger partial charge >= 0.3 is 0 Å². The van der Waals surface area contributed by atoms with Crippen LogP contribution in [0.5, 0.6) is 0 Å². The van der Waals surface area contributed by atoms with Gasteiger partial charge in [0.05, 0.1) is 5.69 Å². The highest BCUT2D eigenvalue weighted by Crippen LogP contribution is 2.25. The van der Waals surface area contributed by atoms with E-state index >= 15 is 0 Å². The normalized spacial score (nSPS) is 15.7. The van der Waals surface area contributed by atoms with Gasteiger partial charge in [0.2, 0.25) is 0 Å². The van der Waals surface area contributed by atoms with Gasteiger partial charge in [0.1, 0.15) is 5.76 Å². The van der Waals surface area contributed by atoms with E-state index in [1.165, 1.54) is 12.0 Å². The van der Waals surface area contributed by atoms with Crippen LogP contribution in [0.25, 0.3) is 0 Å². The lowest BCUT2D eigenvalue weighted by Gasteiger charge is -1.87. The molecule has 0 saturated heterocycles. The van der Waals surface area contributed by atoms with Gasteiger partial charge in [-0.3, -0.25) is 0 Å². The minimum Gasteiger partial charge on any atom is -0.361 e. The van der Waals surface area contributed by atoms with Crippen LogP contribution in [0.4, 0.5) is 0 Å². The second-order valence-electron chi connectivity index (χ2n) is 2.54. The van der Waals surface area contributed by atoms with E-state index in [9.17, 15) is 0 Å². The van der Waals surface area contributed by atoms with Gasteiger partial charge in [-0.25, -0.2) is 0 Å². The number of fused-ring (bicyclic) bond motifs is 1. The van der Waals surface area contributed by atoms with Crippen molar-refractivity contribution < 1.29 is 4.52 Å². The number of aromatic nitrogens is 1. The minimum absolute atomic E-state index is 0.707. The van der Waals surface area contributed by atoms with Crippen LogP contribution >= 0.6 is 12.6 Å². The summed E-state index contributed by atoms with van der Waals surface area (Å²) in [6, 6.07) is 0. The zero-order chi connectivity index (χ0) is 6.97. The van der Waals surface area contributed by atoms with Gasteiger partial charge in [-0.15, -0.1) is 0 Å². The molecule has 0 unspecified atom stereocenters. The zero-order valence-electron chi connectivity index (χ0n) is 5.63. The first-order chi connectivity index (χ1) is 4.92. The summed E-state index contributed by atoms with van der Waals surface area (Å²) in [5.74, 6) is 1.79. The largest absolute Gasteiger partial charge is 0.361 e. The predicted molar refractivity (Wildman–Crippen MR) is 41.2 cm³/mol. The first kappa shape index (κ1) is 6.28. The molecule has 0 N–H and O–H groups in total. The van der Waals surface area contributed by atoms with Crippen molar-refractivity contribution in [2.24, 2.45) is 0 Å². The molecule has 0 saturated carbocycles. The van der Waals surface area contributed by atoms with Gasteiger partial charge in [-0.05, 0) is 12.8 Å². The summed E-state index contributed by atoms with van der Waals surface area (Å²) in [6.45, 7) is 0. The molecule has 2 nitrogen and oxygen atoms in total. The second kappa shape index (κ2) is 2.31. The van der Waals surface area contributed by atoms with Crippen LogP contribution in [0.15, 0.2) is 4.52 Å². The first-order valence-corrected chi connectivity index (χ1v) is 4.12. The zero-order valence-corrected chi connectivity index (χ0v) is 6.53. The Morgan fingerprint density at radius 2 is 2.40 bits per heavy atom. The third-order valence-electron chi connectivity index (χ3n) is 1.93. The summed E-state index contributed by atoms with van der Waals surface area (Å²) >= 11 is 4.15. The van der Waals surface area contributed by atoms with Crippen LogP contribution in [0.3, 0.4) is 0 Å². The lowest BCUT2D eigenvalue weighted by molar-refractivity contribution is 0.381. The molecule has 10 heavy (non-hydrogen) atoms. The third kappa shape index (κ3) is 0.770. The summed E-state index contributed by atoms with van der Waals surface area (Å²) in [7, 11) is 0. The van der Waals surface area contributed by atoms with Crippen LogP contribution in [-0.2, 0) is 18.6 Å². The molecule has 0 aromatic carbocycles. The van der Waals surface area contributed by atoms with Crippen LogP contribution in [-0.4, -0.2) is 5.16 Å². The van der Waals surface area contributed by atoms with Crippen LogP contribution < -0.4 is 0 Å². The molecule has 1 aromatic rings. The molecule has 1 heterocycles. The second-order valence-corrected chi connectivity index (χ2v) is 2.86. The van der Waals surface area contributed by atoms with Gasteiger partial charge in [0, 0.05) is 17.7 Å². The molecule has 0 aliphatic heterocycles. The van der Waals surface area contributed by atoms with E-state index in [0.717, 1.165) is 24.3 Å². The Morgan fingerprint density at radius 1 is 1.50 bits per heavy atom. The molecule has 0 amide bonds. The van der Waals surface area contributed by atoms with Crippen LogP contribution in [0, 0.1) is 0 Å². The van der Waals surface area contributed by atoms with E-state index in [-0.39, 0.29) is 0 Å².